The zero-order chi connectivity index (χ0) is 14.8. The molecule has 0 aliphatic heterocycles. The number of methoxy groups -OCH3 is 2. The Bertz CT molecular complexity index is 575. The van der Waals surface area contributed by atoms with Crippen molar-refractivity contribution in [2.45, 2.75) is 38.4 Å². The van der Waals surface area contributed by atoms with Gasteiger partial charge in [0.05, 0.1) is 7.11 Å². The molecule has 2 rings (SSSR count). The number of allylic oxidation sites excluding steroid dienone is 3. The second-order valence-corrected chi connectivity index (χ2v) is 5.79. The minimum Gasteiger partial charge on any atom is -0.500 e. The standard InChI is InChI=1S/C17H20O3/c1-16(2)12-17(20-4)10-8-6-5-7-9-14(18)13(11-17)15(16)19-3/h5-6,14,18H,11-12H2,1-4H3/b6-5+. The highest BCUT2D eigenvalue weighted by Crippen LogP contribution is 2.47. The lowest BCUT2D eigenvalue weighted by Gasteiger charge is -2.43. The summed E-state index contributed by atoms with van der Waals surface area (Å²) >= 11 is 0. The molecule has 0 amide bonds. The summed E-state index contributed by atoms with van der Waals surface area (Å²) in [5, 5.41) is 10.3. The van der Waals surface area contributed by atoms with Gasteiger partial charge in [-0.05, 0) is 12.2 Å². The molecule has 106 valence electrons. The number of hydrogen-bond acceptors (Lipinski definition) is 3. The highest BCUT2D eigenvalue weighted by Gasteiger charge is 2.46. The lowest BCUT2D eigenvalue weighted by molar-refractivity contribution is -0.0178. The summed E-state index contributed by atoms with van der Waals surface area (Å²) in [4.78, 5) is 0. The van der Waals surface area contributed by atoms with Gasteiger partial charge >= 0.3 is 0 Å². The monoisotopic (exact) mass is 272 g/mol. The highest BCUT2D eigenvalue weighted by atomic mass is 16.5. The van der Waals surface area contributed by atoms with E-state index >= 15 is 0 Å². The number of ether oxygens (including phenoxy) is 2. The molecule has 3 heteroatoms. The maximum Gasteiger partial charge on any atom is 0.140 e. The fourth-order valence-electron chi connectivity index (χ4n) is 3.06. The first-order valence-electron chi connectivity index (χ1n) is 6.64. The summed E-state index contributed by atoms with van der Waals surface area (Å²) in [7, 11) is 3.29. The van der Waals surface area contributed by atoms with E-state index in [1.807, 2.05) is 0 Å². The lowest BCUT2D eigenvalue weighted by atomic mass is 9.68. The molecule has 0 saturated carbocycles. The quantitative estimate of drug-likeness (QED) is 0.782. The first kappa shape index (κ1) is 14.7. The van der Waals surface area contributed by atoms with E-state index in [9.17, 15) is 5.11 Å². The van der Waals surface area contributed by atoms with Crippen molar-refractivity contribution in [3.63, 3.8) is 0 Å². The lowest BCUT2D eigenvalue weighted by Crippen LogP contribution is -2.43. The van der Waals surface area contributed by atoms with Crippen LogP contribution in [0.1, 0.15) is 26.7 Å². The Balaban J connectivity index is 2.64. The van der Waals surface area contributed by atoms with Gasteiger partial charge in [0.15, 0.2) is 0 Å². The molecule has 0 heterocycles. The largest absolute Gasteiger partial charge is 0.500 e. The predicted octanol–water partition coefficient (Wildman–Crippen LogP) is 2.03. The van der Waals surface area contributed by atoms with Crippen LogP contribution in [0.25, 0.3) is 0 Å². The molecule has 1 N–H and O–H groups in total. The van der Waals surface area contributed by atoms with Crippen LogP contribution in [0.2, 0.25) is 0 Å². The Labute approximate surface area is 120 Å². The van der Waals surface area contributed by atoms with Crippen molar-refractivity contribution in [2.24, 2.45) is 5.41 Å². The molecule has 0 aromatic carbocycles. The van der Waals surface area contributed by atoms with Crippen LogP contribution in [0.5, 0.6) is 0 Å². The maximum atomic E-state index is 10.3. The van der Waals surface area contributed by atoms with E-state index in [1.54, 1.807) is 26.4 Å². The van der Waals surface area contributed by atoms with Crippen molar-refractivity contribution in [3.8, 4) is 23.7 Å². The molecule has 2 aliphatic carbocycles. The van der Waals surface area contributed by atoms with Gasteiger partial charge in [-0.2, -0.15) is 0 Å². The molecule has 2 atom stereocenters. The van der Waals surface area contributed by atoms with Gasteiger partial charge in [-0.15, -0.1) is 0 Å². The van der Waals surface area contributed by atoms with Gasteiger partial charge in [0.1, 0.15) is 17.5 Å². The topological polar surface area (TPSA) is 38.7 Å². The van der Waals surface area contributed by atoms with E-state index in [4.69, 9.17) is 9.47 Å². The SMILES string of the molecule is COC1=C2CC(OC)(C#C/C=C/C#CC2O)CC1(C)C. The van der Waals surface area contributed by atoms with Crippen molar-refractivity contribution < 1.29 is 14.6 Å². The number of fused-ring (bicyclic) bond motifs is 2. The highest BCUT2D eigenvalue weighted by molar-refractivity contribution is 5.40. The molecule has 0 aromatic heterocycles. The molecule has 0 spiro atoms. The van der Waals surface area contributed by atoms with Gasteiger partial charge in [-0.1, -0.05) is 37.5 Å². The van der Waals surface area contributed by atoms with E-state index in [0.717, 1.165) is 11.3 Å². The molecule has 2 unspecified atom stereocenters. The van der Waals surface area contributed by atoms with Crippen LogP contribution < -0.4 is 0 Å². The molecule has 2 aliphatic rings. The van der Waals surface area contributed by atoms with Gasteiger partial charge in [0.2, 0.25) is 0 Å². The Kier molecular flexibility index (Phi) is 3.95. The first-order chi connectivity index (χ1) is 9.44. The van der Waals surface area contributed by atoms with E-state index in [2.05, 4.69) is 37.5 Å². The molecule has 0 radical (unpaired) electrons. The zero-order valence-corrected chi connectivity index (χ0v) is 12.4. The second-order valence-electron chi connectivity index (χ2n) is 5.79. The summed E-state index contributed by atoms with van der Waals surface area (Å²) in [6.07, 6.45) is 3.69. The normalized spacial score (nSPS) is 32.4. The fourth-order valence-corrected chi connectivity index (χ4v) is 3.06. The number of aliphatic hydroxyl groups excluding tert-OH is 1. The average molecular weight is 272 g/mol. The fraction of sp³-hybridized carbons (Fsp3) is 0.529. The third kappa shape index (κ3) is 2.61. The molecule has 0 fully saturated rings. The van der Waals surface area contributed by atoms with Crippen LogP contribution in [-0.2, 0) is 9.47 Å². The third-order valence-corrected chi connectivity index (χ3v) is 3.80. The van der Waals surface area contributed by atoms with Crippen molar-refractivity contribution in [2.75, 3.05) is 14.2 Å². The van der Waals surface area contributed by atoms with Gasteiger partial charge in [-0.3, -0.25) is 0 Å². The van der Waals surface area contributed by atoms with Crippen LogP contribution in [0.3, 0.4) is 0 Å². The summed E-state index contributed by atoms with van der Waals surface area (Å²) < 4.78 is 11.3. The molecule has 2 bridgehead atoms. The predicted molar refractivity (Wildman–Crippen MR) is 77.5 cm³/mol. The third-order valence-electron chi connectivity index (χ3n) is 3.80. The molecule has 0 aromatic rings. The average Bonchev–Trinajstić information content (AvgIpc) is 2.40. The van der Waals surface area contributed by atoms with Crippen LogP contribution >= 0.6 is 0 Å². The minimum absolute atomic E-state index is 0.265. The maximum absolute atomic E-state index is 10.3. The van der Waals surface area contributed by atoms with Gasteiger partial charge in [0.25, 0.3) is 0 Å². The van der Waals surface area contributed by atoms with Crippen molar-refractivity contribution >= 4 is 0 Å². The van der Waals surface area contributed by atoms with E-state index in [-0.39, 0.29) is 5.41 Å². The van der Waals surface area contributed by atoms with Crippen LogP contribution in [0.15, 0.2) is 23.5 Å². The van der Waals surface area contributed by atoms with E-state index in [0.29, 0.717) is 12.8 Å². The Morgan fingerprint density at radius 3 is 2.60 bits per heavy atom. The van der Waals surface area contributed by atoms with Crippen molar-refractivity contribution in [1.82, 2.24) is 0 Å². The molecule has 20 heavy (non-hydrogen) atoms. The Morgan fingerprint density at radius 2 is 1.95 bits per heavy atom. The molecular formula is C17H20O3. The van der Waals surface area contributed by atoms with E-state index < -0.39 is 11.7 Å². The molecular weight excluding hydrogens is 252 g/mol. The zero-order valence-electron chi connectivity index (χ0n) is 12.4. The van der Waals surface area contributed by atoms with Gasteiger partial charge in [0, 0.05) is 30.9 Å². The van der Waals surface area contributed by atoms with Gasteiger partial charge in [-0.25, -0.2) is 0 Å². The van der Waals surface area contributed by atoms with Crippen LogP contribution in [0.4, 0.5) is 0 Å². The van der Waals surface area contributed by atoms with Crippen LogP contribution in [0, 0.1) is 29.1 Å². The van der Waals surface area contributed by atoms with E-state index in [1.165, 1.54) is 0 Å². The Morgan fingerprint density at radius 1 is 1.25 bits per heavy atom. The summed E-state index contributed by atoms with van der Waals surface area (Å²) in [5.41, 5.74) is -0.105. The molecule has 0 saturated heterocycles. The van der Waals surface area contributed by atoms with Crippen molar-refractivity contribution in [3.05, 3.63) is 23.5 Å². The summed E-state index contributed by atoms with van der Waals surface area (Å²) in [6.45, 7) is 4.14. The number of hydrogen-bond donors (Lipinski definition) is 1. The summed E-state index contributed by atoms with van der Waals surface area (Å²) in [6, 6.07) is 0. The first-order valence-corrected chi connectivity index (χ1v) is 6.64. The van der Waals surface area contributed by atoms with Crippen molar-refractivity contribution in [1.29, 1.82) is 0 Å². The molecule has 3 nitrogen and oxygen atoms in total. The smallest absolute Gasteiger partial charge is 0.140 e. The number of aliphatic hydroxyl groups is 1. The van der Waals surface area contributed by atoms with Crippen LogP contribution in [-0.4, -0.2) is 31.0 Å². The Hall–Kier alpha value is -1.68. The minimum atomic E-state index is -0.858. The summed E-state index contributed by atoms with van der Waals surface area (Å²) in [5.74, 6) is 12.6. The van der Waals surface area contributed by atoms with Gasteiger partial charge < -0.3 is 14.6 Å². The second kappa shape index (κ2) is 5.37. The number of rotatable bonds is 2.